The van der Waals surface area contributed by atoms with E-state index in [1.54, 1.807) is 6.07 Å². The van der Waals surface area contributed by atoms with Gasteiger partial charge in [-0.15, -0.1) is 0 Å². The summed E-state index contributed by atoms with van der Waals surface area (Å²) in [5, 5.41) is 0.414. The summed E-state index contributed by atoms with van der Waals surface area (Å²) >= 11 is 5.76. The Morgan fingerprint density at radius 2 is 2.00 bits per heavy atom. The minimum absolute atomic E-state index is 0.120. The summed E-state index contributed by atoms with van der Waals surface area (Å²) in [6.45, 7) is 0. The molecule has 1 aromatic rings. The van der Waals surface area contributed by atoms with Gasteiger partial charge < -0.3 is 10.2 Å². The van der Waals surface area contributed by atoms with Crippen LogP contribution in [0.2, 0.25) is 5.22 Å². The molecule has 2 nitrogen and oxygen atoms in total. The Kier molecular flexibility index (Phi) is 4.08. The van der Waals surface area contributed by atoms with E-state index in [0.717, 1.165) is 18.6 Å². The molecule has 0 radical (unpaired) electrons. The summed E-state index contributed by atoms with van der Waals surface area (Å²) in [4.78, 5) is 0. The van der Waals surface area contributed by atoms with Crippen LogP contribution in [0.15, 0.2) is 28.2 Å². The fraction of sp³-hybridized carbons (Fsp3) is 0.538. The molecule has 0 saturated heterocycles. The van der Waals surface area contributed by atoms with Crippen LogP contribution in [0.4, 0.5) is 0 Å². The van der Waals surface area contributed by atoms with Gasteiger partial charge in [-0.25, -0.2) is 0 Å². The lowest BCUT2D eigenvalue weighted by atomic mass is 9.94. The Labute approximate surface area is 101 Å². The van der Waals surface area contributed by atoms with E-state index >= 15 is 0 Å². The molecule has 88 valence electrons. The van der Waals surface area contributed by atoms with Gasteiger partial charge in [-0.3, -0.25) is 0 Å². The van der Waals surface area contributed by atoms with Crippen LogP contribution in [0.1, 0.15) is 50.3 Å². The molecule has 16 heavy (non-hydrogen) atoms. The van der Waals surface area contributed by atoms with Gasteiger partial charge >= 0.3 is 0 Å². The van der Waals surface area contributed by atoms with Crippen LogP contribution < -0.4 is 5.73 Å². The molecule has 0 amide bonds. The minimum atomic E-state index is -0.120. The third-order valence-corrected chi connectivity index (χ3v) is 3.33. The quantitative estimate of drug-likeness (QED) is 0.785. The molecule has 0 aromatic carbocycles. The normalized spacial score (nSPS) is 23.0. The van der Waals surface area contributed by atoms with Gasteiger partial charge in [0.25, 0.3) is 0 Å². The first-order chi connectivity index (χ1) is 7.77. The molecule has 1 atom stereocenters. The van der Waals surface area contributed by atoms with E-state index in [-0.39, 0.29) is 6.04 Å². The lowest BCUT2D eigenvalue weighted by Gasteiger charge is -2.16. The third-order valence-electron chi connectivity index (χ3n) is 3.13. The van der Waals surface area contributed by atoms with Crippen LogP contribution in [0.25, 0.3) is 0 Å². The highest BCUT2D eigenvalue weighted by Crippen LogP contribution is 2.28. The summed E-state index contributed by atoms with van der Waals surface area (Å²) in [6.07, 6.45) is 9.65. The Hall–Kier alpha value is -0.730. The first-order valence-electron chi connectivity index (χ1n) is 5.97. The van der Waals surface area contributed by atoms with Crippen molar-refractivity contribution in [3.05, 3.63) is 34.8 Å². The zero-order valence-corrected chi connectivity index (χ0v) is 10.2. The second kappa shape index (κ2) is 5.55. The second-order valence-electron chi connectivity index (χ2n) is 4.35. The van der Waals surface area contributed by atoms with Gasteiger partial charge in [0.05, 0.1) is 6.04 Å². The summed E-state index contributed by atoms with van der Waals surface area (Å²) < 4.78 is 5.37. The molecule has 1 aliphatic rings. The highest BCUT2D eigenvalue weighted by atomic mass is 35.5. The molecule has 1 aliphatic carbocycles. The fourth-order valence-corrected chi connectivity index (χ4v) is 2.33. The van der Waals surface area contributed by atoms with E-state index in [9.17, 15) is 0 Å². The Morgan fingerprint density at radius 1 is 1.19 bits per heavy atom. The van der Waals surface area contributed by atoms with Gasteiger partial charge in [0.15, 0.2) is 5.22 Å². The lowest BCUT2D eigenvalue weighted by molar-refractivity contribution is 0.478. The van der Waals surface area contributed by atoms with Crippen LogP contribution in [-0.2, 0) is 0 Å². The number of hydrogen-bond acceptors (Lipinski definition) is 2. The first kappa shape index (κ1) is 11.7. The average molecular weight is 240 g/mol. The minimum Gasteiger partial charge on any atom is -0.448 e. The van der Waals surface area contributed by atoms with E-state index in [1.165, 1.54) is 31.3 Å². The van der Waals surface area contributed by atoms with E-state index < -0.39 is 0 Å². The molecule has 0 spiro atoms. The maximum atomic E-state index is 6.18. The number of hydrogen-bond donors (Lipinski definition) is 1. The van der Waals surface area contributed by atoms with Gasteiger partial charge in [0.1, 0.15) is 5.76 Å². The number of halogens is 1. The van der Waals surface area contributed by atoms with Gasteiger partial charge in [-0.2, -0.15) is 0 Å². The van der Waals surface area contributed by atoms with E-state index in [1.807, 2.05) is 6.07 Å². The van der Waals surface area contributed by atoms with Crippen LogP contribution in [0.3, 0.4) is 0 Å². The van der Waals surface area contributed by atoms with E-state index in [4.69, 9.17) is 21.8 Å². The summed E-state index contributed by atoms with van der Waals surface area (Å²) in [5.41, 5.74) is 7.48. The van der Waals surface area contributed by atoms with Gasteiger partial charge in [-0.05, 0) is 55.0 Å². The summed E-state index contributed by atoms with van der Waals surface area (Å²) in [6, 6.07) is 3.50. The maximum absolute atomic E-state index is 6.18. The predicted molar refractivity (Wildman–Crippen MR) is 66.4 cm³/mol. The van der Waals surface area contributed by atoms with Crippen molar-refractivity contribution in [3.8, 4) is 0 Å². The van der Waals surface area contributed by atoms with Crippen molar-refractivity contribution in [2.45, 2.75) is 44.6 Å². The molecule has 1 unspecified atom stereocenters. The monoisotopic (exact) mass is 239 g/mol. The highest BCUT2D eigenvalue weighted by molar-refractivity contribution is 6.28. The molecule has 0 aliphatic heterocycles. The molecule has 3 heteroatoms. The molecule has 1 aromatic heterocycles. The molecule has 1 heterocycles. The standard InChI is InChI=1S/C13H18ClNO/c14-12-9-8-11(16-12)13(15)10-6-4-2-1-3-5-7-10/h6,8-9,13H,1-5,7,15H2/b10-6+. The van der Waals surface area contributed by atoms with Crippen LogP contribution in [0, 0.1) is 0 Å². The zero-order valence-electron chi connectivity index (χ0n) is 9.42. The summed E-state index contributed by atoms with van der Waals surface area (Å²) in [5.74, 6) is 0.775. The Morgan fingerprint density at radius 3 is 2.75 bits per heavy atom. The van der Waals surface area contributed by atoms with Crippen molar-refractivity contribution in [2.75, 3.05) is 0 Å². The lowest BCUT2D eigenvalue weighted by Crippen LogP contribution is -2.13. The average Bonchev–Trinajstić information content (AvgIpc) is 2.63. The Balaban J connectivity index is 2.09. The third kappa shape index (κ3) is 2.89. The highest BCUT2D eigenvalue weighted by Gasteiger charge is 2.16. The maximum Gasteiger partial charge on any atom is 0.193 e. The largest absolute Gasteiger partial charge is 0.448 e. The number of allylic oxidation sites excluding steroid dienone is 1. The molecule has 0 saturated carbocycles. The predicted octanol–water partition coefficient (Wildman–Crippen LogP) is 4.21. The molecule has 0 bridgehead atoms. The molecular formula is C13H18ClNO. The zero-order chi connectivity index (χ0) is 11.4. The van der Waals surface area contributed by atoms with Crippen molar-refractivity contribution < 1.29 is 4.42 Å². The molecular weight excluding hydrogens is 222 g/mol. The fourth-order valence-electron chi connectivity index (χ4n) is 2.18. The Bertz CT molecular complexity index is 370. The number of rotatable bonds is 2. The van der Waals surface area contributed by atoms with E-state index in [2.05, 4.69) is 6.08 Å². The first-order valence-corrected chi connectivity index (χ1v) is 6.35. The SMILES string of the molecule is NC(/C1=C/CCCCCC1)c1ccc(Cl)o1. The number of nitrogens with two attached hydrogens (primary N) is 1. The van der Waals surface area contributed by atoms with Crippen molar-refractivity contribution in [3.63, 3.8) is 0 Å². The van der Waals surface area contributed by atoms with Crippen LogP contribution in [-0.4, -0.2) is 0 Å². The molecule has 2 rings (SSSR count). The summed E-state index contributed by atoms with van der Waals surface area (Å²) in [7, 11) is 0. The van der Waals surface area contributed by atoms with Crippen molar-refractivity contribution in [2.24, 2.45) is 5.73 Å². The van der Waals surface area contributed by atoms with E-state index in [0.29, 0.717) is 5.22 Å². The van der Waals surface area contributed by atoms with Gasteiger partial charge in [0.2, 0.25) is 0 Å². The van der Waals surface area contributed by atoms with Crippen molar-refractivity contribution in [1.82, 2.24) is 0 Å². The number of furan rings is 1. The second-order valence-corrected chi connectivity index (χ2v) is 4.72. The molecule has 2 N–H and O–H groups in total. The van der Waals surface area contributed by atoms with Gasteiger partial charge in [-0.1, -0.05) is 18.9 Å². The smallest absolute Gasteiger partial charge is 0.193 e. The topological polar surface area (TPSA) is 39.2 Å². The van der Waals surface area contributed by atoms with Crippen molar-refractivity contribution in [1.29, 1.82) is 0 Å². The van der Waals surface area contributed by atoms with Crippen LogP contribution in [0.5, 0.6) is 0 Å². The van der Waals surface area contributed by atoms with Crippen molar-refractivity contribution >= 4 is 11.6 Å². The van der Waals surface area contributed by atoms with Gasteiger partial charge in [0, 0.05) is 0 Å². The van der Waals surface area contributed by atoms with Crippen LogP contribution >= 0.6 is 11.6 Å². The molecule has 0 fully saturated rings.